The first-order chi connectivity index (χ1) is 12.6. The predicted molar refractivity (Wildman–Crippen MR) is 96.7 cm³/mol. The van der Waals surface area contributed by atoms with Crippen LogP contribution in [0.2, 0.25) is 0 Å². The van der Waals surface area contributed by atoms with Crippen molar-refractivity contribution >= 4 is 5.97 Å². The van der Waals surface area contributed by atoms with Crippen LogP contribution in [0, 0.1) is 6.92 Å². The molecule has 0 aromatic heterocycles. The second kappa shape index (κ2) is 6.56. The molecule has 136 valence electrons. The van der Waals surface area contributed by atoms with Gasteiger partial charge in [-0.05, 0) is 31.9 Å². The van der Waals surface area contributed by atoms with E-state index in [9.17, 15) is 4.79 Å². The lowest BCUT2D eigenvalue weighted by Gasteiger charge is -2.26. The molecular weight excluding hydrogens is 332 g/mol. The van der Waals surface area contributed by atoms with Gasteiger partial charge in [0, 0.05) is 22.8 Å². The minimum absolute atomic E-state index is 0.266. The molecule has 2 aromatic carbocycles. The molecule has 0 spiro atoms. The standard InChI is InChI=1S/C21H22O5/c1-4-5-6-7-14-18-15(11-24-21(18)22)12(2)19-20(14)26-17-10-13(23-3)8-9-16(17)25-19/h8-10H,4-7,11H2,1-3H3. The lowest BCUT2D eigenvalue weighted by atomic mass is 9.92. The summed E-state index contributed by atoms with van der Waals surface area (Å²) in [5.41, 5.74) is 3.37. The number of fused-ring (bicyclic) bond motifs is 3. The third-order valence-corrected chi connectivity index (χ3v) is 5.03. The SMILES string of the molecule is CCCCCc1c2c(c(C)c3c1C(=O)OC3)Oc1ccc(OC)cc1O2. The van der Waals surface area contributed by atoms with Gasteiger partial charge >= 0.3 is 5.97 Å². The molecule has 2 aliphatic rings. The molecular formula is C21H22O5. The van der Waals surface area contributed by atoms with E-state index in [4.69, 9.17) is 18.9 Å². The van der Waals surface area contributed by atoms with E-state index in [1.807, 2.05) is 19.1 Å². The van der Waals surface area contributed by atoms with Gasteiger partial charge in [0.2, 0.25) is 0 Å². The van der Waals surface area contributed by atoms with Gasteiger partial charge in [-0.3, -0.25) is 0 Å². The molecule has 0 amide bonds. The molecule has 0 atom stereocenters. The maximum atomic E-state index is 12.4. The van der Waals surface area contributed by atoms with Crippen molar-refractivity contribution in [2.24, 2.45) is 0 Å². The first-order valence-electron chi connectivity index (χ1n) is 9.03. The van der Waals surface area contributed by atoms with Crippen molar-refractivity contribution in [3.05, 3.63) is 40.5 Å². The van der Waals surface area contributed by atoms with E-state index in [1.54, 1.807) is 13.2 Å². The number of carbonyl (C=O) groups is 1. The van der Waals surface area contributed by atoms with Crippen LogP contribution in [-0.2, 0) is 17.8 Å². The second-order valence-corrected chi connectivity index (χ2v) is 6.67. The van der Waals surface area contributed by atoms with E-state index in [0.717, 1.165) is 42.4 Å². The molecule has 0 aliphatic carbocycles. The summed E-state index contributed by atoms with van der Waals surface area (Å²) in [6, 6.07) is 5.47. The van der Waals surface area contributed by atoms with Crippen molar-refractivity contribution < 1.29 is 23.7 Å². The maximum Gasteiger partial charge on any atom is 0.339 e. The summed E-state index contributed by atoms with van der Waals surface area (Å²) in [5.74, 6) is 2.99. The lowest BCUT2D eigenvalue weighted by molar-refractivity contribution is 0.0534. The highest BCUT2D eigenvalue weighted by Crippen LogP contribution is 2.52. The van der Waals surface area contributed by atoms with Gasteiger partial charge in [-0.25, -0.2) is 4.79 Å². The van der Waals surface area contributed by atoms with Gasteiger partial charge in [-0.2, -0.15) is 0 Å². The number of rotatable bonds is 5. The van der Waals surface area contributed by atoms with E-state index in [1.165, 1.54) is 0 Å². The fourth-order valence-electron chi connectivity index (χ4n) is 3.58. The van der Waals surface area contributed by atoms with Crippen molar-refractivity contribution in [2.75, 3.05) is 7.11 Å². The average molecular weight is 354 g/mol. The molecule has 26 heavy (non-hydrogen) atoms. The van der Waals surface area contributed by atoms with Gasteiger partial charge in [0.1, 0.15) is 12.4 Å². The van der Waals surface area contributed by atoms with Gasteiger partial charge in [-0.15, -0.1) is 0 Å². The van der Waals surface area contributed by atoms with Crippen LogP contribution in [0.4, 0.5) is 0 Å². The minimum Gasteiger partial charge on any atom is -0.497 e. The second-order valence-electron chi connectivity index (χ2n) is 6.67. The number of hydrogen-bond donors (Lipinski definition) is 0. The number of cyclic esters (lactones) is 1. The quantitative estimate of drug-likeness (QED) is 0.459. The number of methoxy groups -OCH3 is 1. The van der Waals surface area contributed by atoms with E-state index < -0.39 is 0 Å². The first kappa shape index (κ1) is 16.8. The topological polar surface area (TPSA) is 54.0 Å². The number of hydrogen-bond acceptors (Lipinski definition) is 5. The zero-order valence-corrected chi connectivity index (χ0v) is 15.3. The lowest BCUT2D eigenvalue weighted by Crippen LogP contribution is -2.10. The van der Waals surface area contributed by atoms with E-state index >= 15 is 0 Å². The summed E-state index contributed by atoms with van der Waals surface area (Å²) in [5, 5.41) is 0. The molecule has 0 radical (unpaired) electrons. The zero-order chi connectivity index (χ0) is 18.3. The van der Waals surface area contributed by atoms with E-state index in [-0.39, 0.29) is 5.97 Å². The van der Waals surface area contributed by atoms with Gasteiger partial charge in [0.05, 0.1) is 12.7 Å². The molecule has 5 heteroatoms. The number of carbonyl (C=O) groups excluding carboxylic acids is 1. The van der Waals surface area contributed by atoms with Crippen molar-refractivity contribution in [3.63, 3.8) is 0 Å². The average Bonchev–Trinajstić information content (AvgIpc) is 3.04. The van der Waals surface area contributed by atoms with Crippen LogP contribution in [0.25, 0.3) is 0 Å². The number of esters is 1. The Hall–Kier alpha value is -2.69. The Morgan fingerprint density at radius 2 is 1.92 bits per heavy atom. The Morgan fingerprint density at radius 1 is 1.12 bits per heavy atom. The normalized spacial score (nSPS) is 13.9. The molecule has 0 bridgehead atoms. The minimum atomic E-state index is -0.266. The van der Waals surface area contributed by atoms with E-state index in [0.29, 0.717) is 40.9 Å². The van der Waals surface area contributed by atoms with Crippen LogP contribution >= 0.6 is 0 Å². The third-order valence-electron chi connectivity index (χ3n) is 5.03. The number of unbranched alkanes of at least 4 members (excludes halogenated alkanes) is 2. The third kappa shape index (κ3) is 2.59. The van der Waals surface area contributed by atoms with Crippen molar-refractivity contribution in [1.29, 1.82) is 0 Å². The fraction of sp³-hybridized carbons (Fsp3) is 0.381. The highest BCUT2D eigenvalue weighted by atomic mass is 16.6. The Kier molecular flexibility index (Phi) is 4.23. The summed E-state index contributed by atoms with van der Waals surface area (Å²) in [7, 11) is 1.61. The Bertz CT molecular complexity index is 885. The molecule has 0 saturated carbocycles. The van der Waals surface area contributed by atoms with Crippen LogP contribution in [0.1, 0.15) is 53.2 Å². The summed E-state index contributed by atoms with van der Waals surface area (Å²) in [6.45, 7) is 4.41. The molecule has 0 unspecified atom stereocenters. The predicted octanol–water partition coefficient (Wildman–Crippen LogP) is 5.30. The first-order valence-corrected chi connectivity index (χ1v) is 9.03. The van der Waals surface area contributed by atoms with Crippen LogP contribution in [0.5, 0.6) is 28.7 Å². The largest absolute Gasteiger partial charge is 0.497 e. The van der Waals surface area contributed by atoms with Crippen molar-refractivity contribution in [3.8, 4) is 28.7 Å². The molecule has 4 rings (SSSR count). The van der Waals surface area contributed by atoms with Crippen LogP contribution in [0.15, 0.2) is 18.2 Å². The van der Waals surface area contributed by atoms with Gasteiger partial charge in [-0.1, -0.05) is 19.8 Å². The van der Waals surface area contributed by atoms with Crippen LogP contribution in [0.3, 0.4) is 0 Å². The zero-order valence-electron chi connectivity index (χ0n) is 15.3. The molecule has 5 nitrogen and oxygen atoms in total. The maximum absolute atomic E-state index is 12.4. The van der Waals surface area contributed by atoms with Gasteiger partial charge in [0.25, 0.3) is 0 Å². The molecule has 0 saturated heterocycles. The molecule has 0 N–H and O–H groups in total. The number of benzene rings is 2. The van der Waals surface area contributed by atoms with Crippen molar-refractivity contribution in [2.45, 2.75) is 46.1 Å². The summed E-state index contributed by atoms with van der Waals surface area (Å²) in [4.78, 5) is 12.4. The molecule has 2 aromatic rings. The smallest absolute Gasteiger partial charge is 0.339 e. The summed E-state index contributed by atoms with van der Waals surface area (Å²) >= 11 is 0. The van der Waals surface area contributed by atoms with Gasteiger partial charge < -0.3 is 18.9 Å². The highest BCUT2D eigenvalue weighted by Gasteiger charge is 2.35. The highest BCUT2D eigenvalue weighted by molar-refractivity contribution is 5.97. The summed E-state index contributed by atoms with van der Waals surface area (Å²) < 4.78 is 23.0. The Balaban J connectivity index is 1.84. The van der Waals surface area contributed by atoms with Crippen LogP contribution < -0.4 is 14.2 Å². The Morgan fingerprint density at radius 3 is 2.69 bits per heavy atom. The van der Waals surface area contributed by atoms with Crippen molar-refractivity contribution in [1.82, 2.24) is 0 Å². The molecule has 2 heterocycles. The van der Waals surface area contributed by atoms with Crippen LogP contribution in [-0.4, -0.2) is 13.1 Å². The van der Waals surface area contributed by atoms with Gasteiger partial charge in [0.15, 0.2) is 23.0 Å². The fourth-order valence-corrected chi connectivity index (χ4v) is 3.58. The Labute approximate surface area is 152 Å². The monoisotopic (exact) mass is 354 g/mol. The molecule has 0 fully saturated rings. The molecule has 2 aliphatic heterocycles. The van der Waals surface area contributed by atoms with E-state index in [2.05, 4.69) is 6.92 Å². The number of ether oxygens (including phenoxy) is 4. The summed E-state index contributed by atoms with van der Waals surface area (Å²) in [6.07, 6.45) is 3.95.